The third-order valence-electron chi connectivity index (χ3n) is 2.52. The minimum absolute atomic E-state index is 0.0450. The second-order valence-electron chi connectivity index (χ2n) is 3.93. The zero-order valence-electron chi connectivity index (χ0n) is 10.4. The molecule has 0 saturated heterocycles. The molecule has 0 atom stereocenters. The van der Waals surface area contributed by atoms with E-state index in [1.807, 2.05) is 0 Å². The van der Waals surface area contributed by atoms with E-state index in [0.717, 1.165) is 0 Å². The van der Waals surface area contributed by atoms with Gasteiger partial charge in [0.05, 0.1) is 32.4 Å². The highest BCUT2D eigenvalue weighted by molar-refractivity contribution is 6.41. The Morgan fingerprint density at radius 1 is 1.14 bits per heavy atom. The monoisotopic (exact) mass is 343 g/mol. The smallest absolute Gasteiger partial charge is 0.275 e. The molecule has 0 bridgehead atoms. The van der Waals surface area contributed by atoms with Gasteiger partial charge in [-0.3, -0.25) is 15.5 Å². The summed E-state index contributed by atoms with van der Waals surface area (Å²) in [6.45, 7) is 0. The molecule has 5 nitrogen and oxygen atoms in total. The fourth-order valence-corrected chi connectivity index (χ4v) is 2.48. The van der Waals surface area contributed by atoms with Crippen molar-refractivity contribution in [1.82, 2.24) is 0 Å². The highest BCUT2D eigenvalue weighted by atomic mass is 35.5. The first-order chi connectivity index (χ1) is 9.99. The van der Waals surface area contributed by atoms with Crippen LogP contribution in [0.25, 0.3) is 0 Å². The summed E-state index contributed by atoms with van der Waals surface area (Å²) in [5.41, 5.74) is 3.33. The molecule has 21 heavy (non-hydrogen) atoms. The van der Waals surface area contributed by atoms with Crippen molar-refractivity contribution < 1.29 is 4.92 Å². The Bertz CT molecular complexity index is 697. The van der Waals surface area contributed by atoms with E-state index in [1.165, 1.54) is 24.4 Å². The summed E-state index contributed by atoms with van der Waals surface area (Å²) in [7, 11) is 0. The van der Waals surface area contributed by atoms with Crippen LogP contribution >= 0.6 is 34.8 Å². The van der Waals surface area contributed by atoms with Gasteiger partial charge in [0.1, 0.15) is 0 Å². The average Bonchev–Trinajstić information content (AvgIpc) is 2.42. The van der Waals surface area contributed by atoms with Gasteiger partial charge in [-0.25, -0.2) is 0 Å². The van der Waals surface area contributed by atoms with E-state index in [-0.39, 0.29) is 5.69 Å². The maximum absolute atomic E-state index is 10.9. The number of para-hydroxylation sites is 1. The van der Waals surface area contributed by atoms with Crippen LogP contribution in [-0.4, -0.2) is 11.1 Å². The summed E-state index contributed by atoms with van der Waals surface area (Å²) >= 11 is 17.8. The minimum atomic E-state index is -0.483. The van der Waals surface area contributed by atoms with Crippen molar-refractivity contribution >= 4 is 52.4 Å². The summed E-state index contributed by atoms with van der Waals surface area (Å²) in [6.07, 6.45) is 1.32. The zero-order chi connectivity index (χ0) is 15.4. The first-order valence-corrected chi connectivity index (χ1v) is 6.79. The molecule has 8 heteroatoms. The maximum atomic E-state index is 10.9. The van der Waals surface area contributed by atoms with E-state index in [0.29, 0.717) is 26.3 Å². The molecular weight excluding hydrogens is 337 g/mol. The third-order valence-corrected chi connectivity index (χ3v) is 3.33. The molecule has 0 saturated carbocycles. The fourth-order valence-electron chi connectivity index (χ4n) is 1.58. The van der Waals surface area contributed by atoms with Gasteiger partial charge in [-0.05, 0) is 18.2 Å². The number of nitro groups is 1. The Morgan fingerprint density at radius 2 is 1.76 bits per heavy atom. The SMILES string of the molecule is O=[N+]([O-])c1ccccc1/C=N\Nc1c(Cl)cc(Cl)cc1Cl. The molecule has 0 amide bonds. The largest absolute Gasteiger partial charge is 0.278 e. The Labute approximate surface area is 135 Å². The lowest BCUT2D eigenvalue weighted by Crippen LogP contribution is -1.96. The lowest BCUT2D eigenvalue weighted by Gasteiger charge is -2.06. The van der Waals surface area contributed by atoms with E-state index in [4.69, 9.17) is 34.8 Å². The second kappa shape index (κ2) is 6.76. The van der Waals surface area contributed by atoms with E-state index in [1.54, 1.807) is 18.2 Å². The van der Waals surface area contributed by atoms with Crippen molar-refractivity contribution in [1.29, 1.82) is 0 Å². The van der Waals surface area contributed by atoms with Gasteiger partial charge in [-0.15, -0.1) is 0 Å². The summed E-state index contributed by atoms with van der Waals surface area (Å²) in [4.78, 5) is 10.4. The Hall–Kier alpha value is -1.82. The molecule has 108 valence electrons. The Kier molecular flexibility index (Phi) is 5.01. The van der Waals surface area contributed by atoms with Gasteiger partial charge in [0.15, 0.2) is 0 Å². The lowest BCUT2D eigenvalue weighted by atomic mass is 10.2. The van der Waals surface area contributed by atoms with Gasteiger partial charge in [0.2, 0.25) is 0 Å². The minimum Gasteiger partial charge on any atom is -0.275 e. The number of rotatable bonds is 4. The van der Waals surface area contributed by atoms with E-state index in [9.17, 15) is 10.1 Å². The molecular formula is C13H8Cl3N3O2. The number of nitro benzene ring substituents is 1. The summed E-state index contributed by atoms with van der Waals surface area (Å²) < 4.78 is 0. The highest BCUT2D eigenvalue weighted by Gasteiger charge is 2.10. The first-order valence-electron chi connectivity index (χ1n) is 5.66. The van der Waals surface area contributed by atoms with Crippen LogP contribution < -0.4 is 5.43 Å². The van der Waals surface area contributed by atoms with Crippen LogP contribution in [0, 0.1) is 10.1 Å². The zero-order valence-corrected chi connectivity index (χ0v) is 12.7. The van der Waals surface area contributed by atoms with E-state index in [2.05, 4.69) is 10.5 Å². The average molecular weight is 345 g/mol. The molecule has 0 spiro atoms. The maximum Gasteiger partial charge on any atom is 0.278 e. The van der Waals surface area contributed by atoms with Crippen molar-refractivity contribution in [3.05, 3.63) is 67.1 Å². The van der Waals surface area contributed by atoms with Crippen molar-refractivity contribution in [2.75, 3.05) is 5.43 Å². The molecule has 0 aliphatic carbocycles. The highest BCUT2D eigenvalue weighted by Crippen LogP contribution is 2.33. The van der Waals surface area contributed by atoms with Crippen LogP contribution in [-0.2, 0) is 0 Å². The van der Waals surface area contributed by atoms with Crippen molar-refractivity contribution in [2.45, 2.75) is 0 Å². The predicted octanol–water partition coefficient (Wildman–Crippen LogP) is 5.00. The molecule has 0 fully saturated rings. The van der Waals surface area contributed by atoms with Gasteiger partial charge in [-0.1, -0.05) is 46.9 Å². The van der Waals surface area contributed by atoms with Crippen molar-refractivity contribution in [2.24, 2.45) is 5.10 Å². The van der Waals surface area contributed by atoms with Crippen LogP contribution in [0.15, 0.2) is 41.5 Å². The van der Waals surface area contributed by atoms with Gasteiger partial charge in [0.25, 0.3) is 5.69 Å². The molecule has 0 aliphatic heterocycles. The molecule has 0 aliphatic rings. The summed E-state index contributed by atoms with van der Waals surface area (Å²) in [6, 6.07) is 9.25. The van der Waals surface area contributed by atoms with Crippen LogP contribution in [0.4, 0.5) is 11.4 Å². The van der Waals surface area contributed by atoms with Crippen LogP contribution in [0.2, 0.25) is 15.1 Å². The number of benzene rings is 2. The van der Waals surface area contributed by atoms with Crippen LogP contribution in [0.1, 0.15) is 5.56 Å². The molecule has 0 aromatic heterocycles. The van der Waals surface area contributed by atoms with Gasteiger partial charge in [-0.2, -0.15) is 5.10 Å². The predicted molar refractivity (Wildman–Crippen MR) is 85.8 cm³/mol. The molecule has 0 unspecified atom stereocenters. The number of nitrogens with zero attached hydrogens (tertiary/aromatic N) is 2. The molecule has 2 rings (SSSR count). The third kappa shape index (κ3) is 3.85. The Morgan fingerprint density at radius 3 is 2.38 bits per heavy atom. The van der Waals surface area contributed by atoms with Crippen molar-refractivity contribution in [3.8, 4) is 0 Å². The van der Waals surface area contributed by atoms with Crippen molar-refractivity contribution in [3.63, 3.8) is 0 Å². The van der Waals surface area contributed by atoms with Gasteiger partial charge in [0, 0.05) is 11.1 Å². The number of nitrogens with one attached hydrogen (secondary N) is 1. The molecule has 1 N–H and O–H groups in total. The number of halogens is 3. The van der Waals surface area contributed by atoms with Gasteiger partial charge >= 0.3 is 0 Å². The Balaban J connectivity index is 2.23. The quantitative estimate of drug-likeness (QED) is 0.482. The van der Waals surface area contributed by atoms with Gasteiger partial charge < -0.3 is 0 Å². The first kappa shape index (κ1) is 15.6. The molecule has 2 aromatic rings. The van der Waals surface area contributed by atoms with E-state index >= 15 is 0 Å². The second-order valence-corrected chi connectivity index (χ2v) is 5.18. The number of anilines is 1. The van der Waals surface area contributed by atoms with Crippen LogP contribution in [0.5, 0.6) is 0 Å². The summed E-state index contributed by atoms with van der Waals surface area (Å²) in [5, 5.41) is 15.8. The molecule has 0 radical (unpaired) electrons. The fraction of sp³-hybridized carbons (Fsp3) is 0. The number of hydrogen-bond donors (Lipinski definition) is 1. The number of hydrogen-bond acceptors (Lipinski definition) is 4. The van der Waals surface area contributed by atoms with E-state index < -0.39 is 4.92 Å². The summed E-state index contributed by atoms with van der Waals surface area (Å²) in [5.74, 6) is 0. The number of hydrazone groups is 1. The van der Waals surface area contributed by atoms with Crippen LogP contribution in [0.3, 0.4) is 0 Å². The normalized spacial score (nSPS) is 10.8. The topological polar surface area (TPSA) is 67.5 Å². The lowest BCUT2D eigenvalue weighted by molar-refractivity contribution is -0.385. The molecule has 2 aromatic carbocycles. The standard InChI is InChI=1S/C13H8Cl3N3O2/c14-9-5-10(15)13(11(16)6-9)18-17-7-8-3-1-2-4-12(8)19(20)21/h1-7,18H/b17-7-. The molecule has 0 heterocycles.